The average Bonchev–Trinajstić information content (AvgIpc) is 3.47. The van der Waals surface area contributed by atoms with Gasteiger partial charge >= 0.3 is 0 Å². The molecule has 0 bridgehead atoms. The molecule has 1 amide bonds. The van der Waals surface area contributed by atoms with Crippen molar-refractivity contribution in [2.75, 3.05) is 31.4 Å². The maximum atomic E-state index is 13.0. The van der Waals surface area contributed by atoms with Crippen LogP contribution in [0.5, 0.6) is 5.88 Å². The van der Waals surface area contributed by atoms with Gasteiger partial charge in [-0.25, -0.2) is 9.67 Å². The predicted molar refractivity (Wildman–Crippen MR) is 124 cm³/mol. The Morgan fingerprint density at radius 2 is 2.03 bits per heavy atom. The zero-order valence-electron chi connectivity index (χ0n) is 19.1. The number of pyridine rings is 2. The van der Waals surface area contributed by atoms with Crippen LogP contribution >= 0.6 is 0 Å². The Bertz CT molecular complexity index is 1280. The average molecular weight is 448 g/mol. The summed E-state index contributed by atoms with van der Waals surface area (Å²) in [7, 11) is 5.32. The van der Waals surface area contributed by atoms with Crippen LogP contribution < -0.4 is 15.0 Å². The summed E-state index contributed by atoms with van der Waals surface area (Å²) in [6, 6.07) is 7.42. The summed E-state index contributed by atoms with van der Waals surface area (Å²) in [4.78, 5) is 23.8. The van der Waals surface area contributed by atoms with Gasteiger partial charge in [-0.1, -0.05) is 6.07 Å². The van der Waals surface area contributed by atoms with E-state index in [0.29, 0.717) is 23.0 Å². The van der Waals surface area contributed by atoms with Gasteiger partial charge in [0.1, 0.15) is 23.4 Å². The van der Waals surface area contributed by atoms with Crippen molar-refractivity contribution < 1.29 is 9.53 Å². The van der Waals surface area contributed by atoms with E-state index < -0.39 is 5.91 Å². The van der Waals surface area contributed by atoms with Gasteiger partial charge in [0.05, 0.1) is 30.9 Å². The Hall–Kier alpha value is -4.28. The maximum Gasteiger partial charge on any atom is 0.263 e. The van der Waals surface area contributed by atoms with Crippen molar-refractivity contribution in [3.8, 4) is 23.1 Å². The molecule has 4 aromatic heterocycles. The van der Waals surface area contributed by atoms with Crippen LogP contribution in [0.2, 0.25) is 0 Å². The fourth-order valence-electron chi connectivity index (χ4n) is 3.20. The van der Waals surface area contributed by atoms with Gasteiger partial charge in [-0.2, -0.15) is 0 Å². The molecule has 0 aliphatic carbocycles. The van der Waals surface area contributed by atoms with Crippen molar-refractivity contribution in [3.05, 3.63) is 54.7 Å². The van der Waals surface area contributed by atoms with Crippen LogP contribution in [0.15, 0.2) is 49.2 Å². The van der Waals surface area contributed by atoms with Gasteiger partial charge in [0, 0.05) is 26.3 Å². The Labute approximate surface area is 191 Å². The normalized spacial score (nSPS) is 11.0. The number of ether oxygens (including phenoxy) is 1. The molecule has 0 saturated carbocycles. The molecule has 4 aromatic rings. The van der Waals surface area contributed by atoms with Gasteiger partial charge < -0.3 is 19.5 Å². The third-order valence-electron chi connectivity index (χ3n) is 4.96. The van der Waals surface area contributed by atoms with Gasteiger partial charge in [-0.05, 0) is 32.0 Å². The fraction of sp³-hybridized carbons (Fsp3) is 0.273. The van der Waals surface area contributed by atoms with E-state index in [1.165, 1.54) is 7.11 Å². The van der Waals surface area contributed by atoms with Crippen molar-refractivity contribution in [1.29, 1.82) is 0 Å². The number of nitrogens with one attached hydrogen (secondary N) is 1. The van der Waals surface area contributed by atoms with E-state index in [0.717, 1.165) is 5.69 Å². The number of aromatic nitrogens is 7. The topological polar surface area (TPSA) is 116 Å². The molecule has 4 rings (SSSR count). The molecular formula is C22H25N9O2. The minimum Gasteiger partial charge on any atom is -0.479 e. The van der Waals surface area contributed by atoms with Gasteiger partial charge in [-0.3, -0.25) is 9.78 Å². The molecule has 0 atom stereocenters. The summed E-state index contributed by atoms with van der Waals surface area (Å²) in [5.74, 6) is 0.796. The van der Waals surface area contributed by atoms with E-state index in [-0.39, 0.29) is 17.5 Å². The quantitative estimate of drug-likeness (QED) is 0.460. The molecule has 4 heterocycles. The van der Waals surface area contributed by atoms with E-state index in [4.69, 9.17) is 4.74 Å². The lowest BCUT2D eigenvalue weighted by Crippen LogP contribution is -2.14. The molecular weight excluding hydrogens is 422 g/mol. The lowest BCUT2D eigenvalue weighted by molar-refractivity contribution is 0.102. The second-order valence-corrected chi connectivity index (χ2v) is 7.81. The Balaban J connectivity index is 1.61. The van der Waals surface area contributed by atoms with E-state index in [2.05, 4.69) is 30.6 Å². The molecule has 11 heteroatoms. The number of nitrogens with zero attached hydrogens (tertiary/aromatic N) is 8. The maximum absolute atomic E-state index is 13.0. The summed E-state index contributed by atoms with van der Waals surface area (Å²) >= 11 is 0. The van der Waals surface area contributed by atoms with E-state index in [1.807, 2.05) is 49.5 Å². The van der Waals surface area contributed by atoms with Crippen molar-refractivity contribution in [3.63, 3.8) is 0 Å². The molecule has 0 spiro atoms. The molecule has 0 saturated heterocycles. The highest BCUT2D eigenvalue weighted by Gasteiger charge is 2.20. The first kappa shape index (κ1) is 21.9. The van der Waals surface area contributed by atoms with Crippen LogP contribution in [-0.2, 0) is 0 Å². The molecule has 0 fully saturated rings. The molecule has 33 heavy (non-hydrogen) atoms. The zero-order chi connectivity index (χ0) is 23.5. The minimum atomic E-state index is -0.398. The Morgan fingerprint density at radius 3 is 2.76 bits per heavy atom. The number of hydrogen-bond acceptors (Lipinski definition) is 8. The number of hydrogen-bond donors (Lipinski definition) is 1. The second kappa shape index (κ2) is 9.07. The SMILES string of the molecule is COc1nn(-c2cncc(N(C)C)c2)cc1C(=O)Nc1cccc(-c2nncn2C(C)C)n1. The van der Waals surface area contributed by atoms with Gasteiger partial charge in [0.2, 0.25) is 5.88 Å². The fourth-order valence-corrected chi connectivity index (χ4v) is 3.20. The van der Waals surface area contributed by atoms with E-state index >= 15 is 0 Å². The van der Waals surface area contributed by atoms with Gasteiger partial charge in [0.15, 0.2) is 5.82 Å². The second-order valence-electron chi connectivity index (χ2n) is 7.81. The first-order valence-corrected chi connectivity index (χ1v) is 10.3. The number of methoxy groups -OCH3 is 1. The summed E-state index contributed by atoms with van der Waals surface area (Å²) in [6.45, 7) is 4.07. The monoisotopic (exact) mass is 447 g/mol. The smallest absolute Gasteiger partial charge is 0.263 e. The van der Waals surface area contributed by atoms with Gasteiger partial charge in [0.25, 0.3) is 5.91 Å². The summed E-state index contributed by atoms with van der Waals surface area (Å²) in [6.07, 6.45) is 6.67. The number of carbonyl (C=O) groups is 1. The van der Waals surface area contributed by atoms with E-state index in [9.17, 15) is 4.79 Å². The van der Waals surface area contributed by atoms with E-state index in [1.54, 1.807) is 41.7 Å². The minimum absolute atomic E-state index is 0.172. The highest BCUT2D eigenvalue weighted by Crippen LogP contribution is 2.23. The van der Waals surface area contributed by atoms with Crippen molar-refractivity contribution in [1.82, 2.24) is 34.5 Å². The van der Waals surface area contributed by atoms with Gasteiger partial charge in [-0.15, -0.1) is 15.3 Å². The standard InChI is InChI=1S/C22H25N9O2/c1-14(2)30-13-24-27-20(30)18-7-6-8-19(25-18)26-21(32)17-12-31(28-22(17)33-5)16-9-15(29(3)4)10-23-11-16/h6-14H,1-5H3,(H,25,26,32). The van der Waals surface area contributed by atoms with Crippen LogP contribution in [-0.4, -0.2) is 61.6 Å². The zero-order valence-corrected chi connectivity index (χ0v) is 19.1. The molecule has 1 N–H and O–H groups in total. The summed E-state index contributed by atoms with van der Waals surface area (Å²) < 4.78 is 8.81. The molecule has 11 nitrogen and oxygen atoms in total. The lowest BCUT2D eigenvalue weighted by Gasteiger charge is -2.12. The number of rotatable bonds is 7. The first-order valence-electron chi connectivity index (χ1n) is 10.3. The molecule has 0 aromatic carbocycles. The molecule has 0 aliphatic heterocycles. The van der Waals surface area contributed by atoms with Crippen molar-refractivity contribution in [2.24, 2.45) is 0 Å². The Morgan fingerprint density at radius 1 is 1.21 bits per heavy atom. The number of amides is 1. The predicted octanol–water partition coefficient (Wildman–Crippen LogP) is 2.83. The molecule has 170 valence electrons. The molecule has 0 unspecified atom stereocenters. The van der Waals surface area contributed by atoms with Crippen molar-refractivity contribution in [2.45, 2.75) is 19.9 Å². The lowest BCUT2D eigenvalue weighted by atomic mass is 10.3. The highest BCUT2D eigenvalue weighted by atomic mass is 16.5. The highest BCUT2D eigenvalue weighted by molar-refractivity contribution is 6.05. The van der Waals surface area contributed by atoms with Crippen LogP contribution in [0.4, 0.5) is 11.5 Å². The summed E-state index contributed by atoms with van der Waals surface area (Å²) in [5.41, 5.74) is 2.48. The van der Waals surface area contributed by atoms with Crippen LogP contribution in [0, 0.1) is 0 Å². The van der Waals surface area contributed by atoms with Crippen molar-refractivity contribution >= 4 is 17.4 Å². The molecule has 0 aliphatic rings. The molecule has 0 radical (unpaired) electrons. The third-order valence-corrected chi connectivity index (χ3v) is 4.96. The van der Waals surface area contributed by atoms with Crippen LogP contribution in [0.1, 0.15) is 30.2 Å². The number of carbonyl (C=O) groups excluding carboxylic acids is 1. The summed E-state index contributed by atoms with van der Waals surface area (Å²) in [5, 5.41) is 15.3. The largest absolute Gasteiger partial charge is 0.479 e. The van der Waals surface area contributed by atoms with Crippen LogP contribution in [0.25, 0.3) is 17.2 Å². The van der Waals surface area contributed by atoms with Crippen LogP contribution in [0.3, 0.4) is 0 Å². The Kier molecular flexibility index (Phi) is 6.03. The third kappa shape index (κ3) is 4.52. The number of anilines is 2. The first-order chi connectivity index (χ1) is 15.9.